The van der Waals surface area contributed by atoms with Gasteiger partial charge in [0.1, 0.15) is 0 Å². The molecule has 1 heterocycles. The fourth-order valence-electron chi connectivity index (χ4n) is 1.41. The van der Waals surface area contributed by atoms with Crippen molar-refractivity contribution in [2.45, 2.75) is 24.5 Å². The summed E-state index contributed by atoms with van der Waals surface area (Å²) in [5.74, 6) is 0.735. The number of rotatable bonds is 2. The topological polar surface area (TPSA) is 35.5 Å². The second kappa shape index (κ2) is 3.79. The molecule has 1 aromatic carbocycles. The van der Waals surface area contributed by atoms with Gasteiger partial charge < -0.3 is 9.47 Å². The first kappa shape index (κ1) is 11.0. The van der Waals surface area contributed by atoms with Crippen molar-refractivity contribution in [1.82, 2.24) is 0 Å². The van der Waals surface area contributed by atoms with E-state index in [-0.39, 0.29) is 0 Å². The number of alkyl halides is 1. The number of ether oxygens (including phenoxy) is 2. The highest BCUT2D eigenvalue weighted by Crippen LogP contribution is 2.40. The number of halogens is 1. The maximum atomic E-state index is 11.5. The highest BCUT2D eigenvalue weighted by Gasteiger charge is 2.31. The van der Waals surface area contributed by atoms with Crippen molar-refractivity contribution < 1.29 is 13.7 Å². The summed E-state index contributed by atoms with van der Waals surface area (Å²) in [5, 5.41) is 0. The molecule has 82 valence electrons. The summed E-state index contributed by atoms with van der Waals surface area (Å²) < 4.78 is 23.1. The van der Waals surface area contributed by atoms with Gasteiger partial charge in [-0.2, -0.15) is 0 Å². The monoisotopic (exact) mass is 290 g/mol. The van der Waals surface area contributed by atoms with E-state index in [9.17, 15) is 4.21 Å². The third kappa shape index (κ3) is 2.18. The van der Waals surface area contributed by atoms with Gasteiger partial charge in [0.05, 0.1) is 15.5 Å². The van der Waals surface area contributed by atoms with Gasteiger partial charge >= 0.3 is 0 Å². The summed E-state index contributed by atoms with van der Waals surface area (Å²) in [7, 11) is -1.03. The van der Waals surface area contributed by atoms with Crippen molar-refractivity contribution in [3.05, 3.63) is 18.2 Å². The van der Waals surface area contributed by atoms with Crippen LogP contribution in [-0.4, -0.2) is 14.7 Å². The fraction of sp³-hybridized carbons (Fsp3) is 0.400. The van der Waals surface area contributed by atoms with Crippen molar-refractivity contribution in [3.63, 3.8) is 0 Å². The Morgan fingerprint density at radius 1 is 1.33 bits per heavy atom. The zero-order valence-corrected chi connectivity index (χ0v) is 10.9. The van der Waals surface area contributed by atoms with E-state index in [2.05, 4.69) is 15.9 Å². The molecule has 2 rings (SSSR count). The van der Waals surface area contributed by atoms with Crippen LogP contribution in [-0.2, 0) is 10.8 Å². The van der Waals surface area contributed by atoms with Crippen LogP contribution >= 0.6 is 15.9 Å². The maximum Gasteiger partial charge on any atom is 0.246 e. The second-order valence-electron chi connectivity index (χ2n) is 3.67. The minimum absolute atomic E-state index is 0.427. The minimum Gasteiger partial charge on any atom is -0.449 e. The predicted octanol–water partition coefficient (Wildman–Crippen LogP) is 2.65. The smallest absolute Gasteiger partial charge is 0.246 e. The van der Waals surface area contributed by atoms with Crippen LogP contribution in [0.3, 0.4) is 0 Å². The molecule has 0 spiro atoms. The first-order chi connectivity index (χ1) is 7.02. The van der Waals surface area contributed by atoms with E-state index in [0.29, 0.717) is 16.2 Å². The molecular weight excluding hydrogens is 280 g/mol. The Hall–Kier alpha value is -0.550. The van der Waals surface area contributed by atoms with Crippen molar-refractivity contribution in [3.8, 4) is 11.5 Å². The molecule has 15 heavy (non-hydrogen) atoms. The molecule has 1 unspecified atom stereocenters. The van der Waals surface area contributed by atoms with Gasteiger partial charge in [0.15, 0.2) is 11.5 Å². The normalized spacial score (nSPS) is 18.9. The Kier molecular flexibility index (Phi) is 2.77. The molecule has 1 atom stereocenters. The van der Waals surface area contributed by atoms with Crippen LogP contribution in [0.5, 0.6) is 11.5 Å². The largest absolute Gasteiger partial charge is 0.449 e. The summed E-state index contributed by atoms with van der Waals surface area (Å²) in [6, 6.07) is 5.35. The van der Waals surface area contributed by atoms with Crippen LogP contribution in [0.25, 0.3) is 0 Å². The van der Waals surface area contributed by atoms with Gasteiger partial charge in [0.2, 0.25) is 5.79 Å². The van der Waals surface area contributed by atoms with Crippen LogP contribution in [0.15, 0.2) is 23.1 Å². The molecule has 5 heteroatoms. The number of fused-ring (bicyclic) bond motifs is 1. The quantitative estimate of drug-likeness (QED) is 0.786. The molecule has 0 amide bonds. The lowest BCUT2D eigenvalue weighted by Gasteiger charge is -2.16. The Balaban J connectivity index is 2.34. The van der Waals surface area contributed by atoms with Gasteiger partial charge in [-0.15, -0.1) is 0 Å². The maximum absolute atomic E-state index is 11.5. The molecule has 0 fully saturated rings. The van der Waals surface area contributed by atoms with Gasteiger partial charge in [-0.3, -0.25) is 4.21 Å². The molecule has 3 nitrogen and oxygen atoms in total. The van der Waals surface area contributed by atoms with E-state index in [1.54, 1.807) is 18.2 Å². The third-order valence-electron chi connectivity index (χ3n) is 1.99. The standard InChI is InChI=1S/C10H11BrO3S/c1-10(2)13-8-4-3-7(15(12)6-11)5-9(8)14-10/h3-5H,6H2,1-2H3. The molecule has 0 radical (unpaired) electrons. The number of hydrogen-bond donors (Lipinski definition) is 0. The summed E-state index contributed by atoms with van der Waals surface area (Å²) in [6.07, 6.45) is 0. The lowest BCUT2D eigenvalue weighted by atomic mass is 10.3. The Morgan fingerprint density at radius 3 is 2.67 bits per heavy atom. The summed E-state index contributed by atoms with van der Waals surface area (Å²) in [6.45, 7) is 3.68. The fourth-order valence-corrected chi connectivity index (χ4v) is 2.78. The van der Waals surface area contributed by atoms with Crippen LogP contribution in [0.2, 0.25) is 0 Å². The van der Waals surface area contributed by atoms with Crippen molar-refractivity contribution in [1.29, 1.82) is 0 Å². The average Bonchev–Trinajstić information content (AvgIpc) is 2.49. The predicted molar refractivity (Wildman–Crippen MR) is 62.0 cm³/mol. The number of benzene rings is 1. The lowest BCUT2D eigenvalue weighted by molar-refractivity contribution is -0.0431. The zero-order valence-electron chi connectivity index (χ0n) is 8.45. The minimum atomic E-state index is -1.03. The molecule has 0 bridgehead atoms. The third-order valence-corrected chi connectivity index (χ3v) is 4.21. The highest BCUT2D eigenvalue weighted by molar-refractivity contribution is 9.10. The Bertz CT molecular complexity index is 417. The van der Waals surface area contributed by atoms with Gasteiger partial charge in [0.25, 0.3) is 0 Å². The molecule has 0 aliphatic carbocycles. The summed E-state index contributed by atoms with van der Waals surface area (Å²) >= 11 is 3.18. The summed E-state index contributed by atoms with van der Waals surface area (Å²) in [4.78, 5) is 0.743. The number of hydrogen-bond acceptors (Lipinski definition) is 3. The van der Waals surface area contributed by atoms with E-state index in [0.717, 1.165) is 4.90 Å². The molecule has 0 aromatic heterocycles. The van der Waals surface area contributed by atoms with Gasteiger partial charge in [-0.25, -0.2) is 0 Å². The van der Waals surface area contributed by atoms with Gasteiger partial charge in [-0.1, -0.05) is 15.9 Å². The van der Waals surface area contributed by atoms with Gasteiger partial charge in [0, 0.05) is 24.8 Å². The van der Waals surface area contributed by atoms with Crippen LogP contribution in [0, 0.1) is 0 Å². The molecular formula is C10H11BrO3S. The zero-order chi connectivity index (χ0) is 11.1. The van der Waals surface area contributed by atoms with E-state index < -0.39 is 16.6 Å². The SMILES string of the molecule is CC1(C)Oc2ccc(S(=O)CBr)cc2O1. The summed E-state index contributed by atoms with van der Waals surface area (Å²) in [5.41, 5.74) is 0. The Labute approximate surface area is 99.4 Å². The van der Waals surface area contributed by atoms with Crippen molar-refractivity contribution in [2.24, 2.45) is 0 Å². The molecule has 0 saturated heterocycles. The van der Waals surface area contributed by atoms with Gasteiger partial charge in [-0.05, 0) is 12.1 Å². The van der Waals surface area contributed by atoms with E-state index in [1.165, 1.54) is 0 Å². The first-order valence-electron chi connectivity index (χ1n) is 4.48. The first-order valence-corrected chi connectivity index (χ1v) is 6.92. The second-order valence-corrected chi connectivity index (χ2v) is 6.42. The average molecular weight is 291 g/mol. The molecule has 0 N–H and O–H groups in total. The Morgan fingerprint density at radius 2 is 2.00 bits per heavy atom. The molecule has 1 aromatic rings. The molecule has 0 saturated carbocycles. The molecule has 1 aliphatic rings. The van der Waals surface area contributed by atoms with E-state index in [1.807, 2.05) is 13.8 Å². The van der Waals surface area contributed by atoms with Crippen LogP contribution in [0.1, 0.15) is 13.8 Å². The van der Waals surface area contributed by atoms with Crippen molar-refractivity contribution in [2.75, 3.05) is 4.66 Å². The van der Waals surface area contributed by atoms with E-state index >= 15 is 0 Å². The van der Waals surface area contributed by atoms with Crippen LogP contribution in [0.4, 0.5) is 0 Å². The highest BCUT2D eigenvalue weighted by atomic mass is 79.9. The lowest BCUT2D eigenvalue weighted by Crippen LogP contribution is -2.29. The van der Waals surface area contributed by atoms with Crippen molar-refractivity contribution >= 4 is 26.7 Å². The molecule has 1 aliphatic heterocycles. The van der Waals surface area contributed by atoms with E-state index in [4.69, 9.17) is 9.47 Å². The van der Waals surface area contributed by atoms with Crippen LogP contribution < -0.4 is 9.47 Å².